The van der Waals surface area contributed by atoms with Gasteiger partial charge in [0.15, 0.2) is 6.04 Å². The average molecular weight is 381 g/mol. The van der Waals surface area contributed by atoms with E-state index in [1.165, 1.54) is 7.11 Å². The molecule has 29 heavy (non-hydrogen) atoms. The number of esters is 1. The average Bonchev–Trinajstić information content (AvgIpc) is 2.80. The van der Waals surface area contributed by atoms with E-state index in [-0.39, 0.29) is 0 Å². The Bertz CT molecular complexity index is 1110. The number of pyridine rings is 2. The first-order valence-electron chi connectivity index (χ1n) is 9.22. The fraction of sp³-hybridized carbons (Fsp3) is 0.0833. The first-order valence-corrected chi connectivity index (χ1v) is 9.22. The summed E-state index contributed by atoms with van der Waals surface area (Å²) in [4.78, 5) is 26.1. The zero-order valence-electron chi connectivity index (χ0n) is 15.9. The van der Waals surface area contributed by atoms with Gasteiger partial charge in [0.05, 0.1) is 12.8 Å². The Morgan fingerprint density at radius 1 is 0.862 bits per heavy atom. The molecule has 0 radical (unpaired) electrons. The van der Waals surface area contributed by atoms with E-state index in [9.17, 15) is 4.79 Å². The molecule has 2 aromatic carbocycles. The summed E-state index contributed by atoms with van der Waals surface area (Å²) in [6.07, 6.45) is 6.80. The van der Waals surface area contributed by atoms with Crippen LogP contribution in [-0.2, 0) is 9.53 Å². The van der Waals surface area contributed by atoms with Crippen LogP contribution in [0.25, 0.3) is 10.8 Å². The summed E-state index contributed by atoms with van der Waals surface area (Å²) in [5.74, 6) is -0.444. The van der Waals surface area contributed by atoms with Crippen LogP contribution in [0.5, 0.6) is 0 Å². The number of hydrogen-bond donors (Lipinski definition) is 0. The van der Waals surface area contributed by atoms with Gasteiger partial charge in [0, 0.05) is 46.9 Å². The van der Waals surface area contributed by atoms with E-state index in [0.717, 1.165) is 21.9 Å². The summed E-state index contributed by atoms with van der Waals surface area (Å²) >= 11 is 0. The largest absolute Gasteiger partial charge is 0.467 e. The molecular formula is C24H19N3O2. The van der Waals surface area contributed by atoms with Crippen molar-refractivity contribution in [2.45, 2.75) is 6.04 Å². The number of rotatable bonds is 5. The van der Waals surface area contributed by atoms with E-state index in [1.54, 1.807) is 24.8 Å². The molecule has 4 aromatic rings. The number of ether oxygens (including phenoxy) is 1. The number of carbonyl (C=O) groups is 1. The van der Waals surface area contributed by atoms with Gasteiger partial charge >= 0.3 is 5.97 Å². The topological polar surface area (TPSA) is 64.4 Å². The van der Waals surface area contributed by atoms with Crippen LogP contribution in [0.4, 0.5) is 0 Å². The highest BCUT2D eigenvalue weighted by molar-refractivity contribution is 6.13. The van der Waals surface area contributed by atoms with E-state index in [4.69, 9.17) is 9.73 Å². The van der Waals surface area contributed by atoms with Crippen LogP contribution in [0.1, 0.15) is 22.7 Å². The molecule has 2 aromatic heterocycles. The number of methoxy groups -OCH3 is 1. The van der Waals surface area contributed by atoms with Gasteiger partial charge in [-0.25, -0.2) is 4.79 Å². The van der Waals surface area contributed by atoms with Crippen molar-refractivity contribution in [1.82, 2.24) is 9.97 Å². The zero-order chi connectivity index (χ0) is 20.1. The normalized spacial score (nSPS) is 11.6. The SMILES string of the molecule is COC(=O)C(N=C(c1ccccc1)c1ccccc1)c1cncc2cnccc12. The lowest BCUT2D eigenvalue weighted by Crippen LogP contribution is -2.16. The Morgan fingerprint density at radius 3 is 2.10 bits per heavy atom. The summed E-state index contributed by atoms with van der Waals surface area (Å²) in [7, 11) is 1.37. The zero-order valence-corrected chi connectivity index (χ0v) is 15.9. The second kappa shape index (κ2) is 8.44. The van der Waals surface area contributed by atoms with Crippen LogP contribution >= 0.6 is 0 Å². The minimum absolute atomic E-state index is 0.444. The quantitative estimate of drug-likeness (QED) is 0.380. The number of aliphatic imine (C=N–C) groups is 1. The molecule has 5 nitrogen and oxygen atoms in total. The van der Waals surface area contributed by atoms with Gasteiger partial charge in [-0.15, -0.1) is 0 Å². The Morgan fingerprint density at radius 2 is 1.48 bits per heavy atom. The second-order valence-electron chi connectivity index (χ2n) is 6.46. The van der Waals surface area contributed by atoms with Crippen molar-refractivity contribution < 1.29 is 9.53 Å². The fourth-order valence-electron chi connectivity index (χ4n) is 3.26. The first kappa shape index (κ1) is 18.5. The molecule has 4 rings (SSSR count). The third-order valence-electron chi connectivity index (χ3n) is 4.66. The number of carbonyl (C=O) groups excluding carboxylic acids is 1. The lowest BCUT2D eigenvalue weighted by Gasteiger charge is -2.16. The number of benzene rings is 2. The van der Waals surface area contributed by atoms with Gasteiger partial charge in [-0.05, 0) is 11.5 Å². The van der Waals surface area contributed by atoms with Crippen LogP contribution in [-0.4, -0.2) is 28.8 Å². The third kappa shape index (κ3) is 3.89. The van der Waals surface area contributed by atoms with Gasteiger partial charge in [0.25, 0.3) is 0 Å². The van der Waals surface area contributed by atoms with Crippen molar-refractivity contribution in [2.75, 3.05) is 7.11 Å². The van der Waals surface area contributed by atoms with E-state index in [0.29, 0.717) is 11.3 Å². The summed E-state index contributed by atoms with van der Waals surface area (Å²) in [5.41, 5.74) is 3.23. The first-order chi connectivity index (χ1) is 14.3. The summed E-state index contributed by atoms with van der Waals surface area (Å²) < 4.78 is 5.10. The summed E-state index contributed by atoms with van der Waals surface area (Å²) in [5, 5.41) is 1.71. The molecule has 0 spiro atoms. The molecule has 0 amide bonds. The van der Waals surface area contributed by atoms with Gasteiger partial charge in [0.1, 0.15) is 0 Å². The van der Waals surface area contributed by atoms with Crippen molar-refractivity contribution >= 4 is 22.5 Å². The molecule has 0 aliphatic heterocycles. The van der Waals surface area contributed by atoms with Crippen LogP contribution in [0, 0.1) is 0 Å². The number of hydrogen-bond acceptors (Lipinski definition) is 5. The molecule has 0 bridgehead atoms. The molecule has 5 heteroatoms. The van der Waals surface area contributed by atoms with Gasteiger partial charge in [0.2, 0.25) is 0 Å². The van der Waals surface area contributed by atoms with Crippen molar-refractivity contribution in [3.8, 4) is 0 Å². The lowest BCUT2D eigenvalue weighted by molar-refractivity contribution is -0.142. The monoisotopic (exact) mass is 381 g/mol. The van der Waals surface area contributed by atoms with E-state index in [1.807, 2.05) is 66.7 Å². The fourth-order valence-corrected chi connectivity index (χ4v) is 3.26. The Balaban J connectivity index is 1.94. The minimum Gasteiger partial charge on any atom is -0.467 e. The molecule has 0 saturated carbocycles. The maximum atomic E-state index is 12.8. The number of nitrogens with zero attached hydrogens (tertiary/aromatic N) is 3. The highest BCUT2D eigenvalue weighted by Gasteiger charge is 2.24. The molecule has 2 heterocycles. The lowest BCUT2D eigenvalue weighted by atomic mass is 9.99. The number of fused-ring (bicyclic) bond motifs is 1. The van der Waals surface area contributed by atoms with Crippen LogP contribution < -0.4 is 0 Å². The van der Waals surface area contributed by atoms with Crippen molar-refractivity contribution in [2.24, 2.45) is 4.99 Å². The van der Waals surface area contributed by atoms with Crippen molar-refractivity contribution in [1.29, 1.82) is 0 Å². The van der Waals surface area contributed by atoms with Crippen molar-refractivity contribution in [3.63, 3.8) is 0 Å². The van der Waals surface area contributed by atoms with Gasteiger partial charge in [-0.2, -0.15) is 0 Å². The maximum absolute atomic E-state index is 12.8. The Labute approximate surface area is 168 Å². The minimum atomic E-state index is -0.853. The van der Waals surface area contributed by atoms with Gasteiger partial charge in [-0.3, -0.25) is 15.0 Å². The van der Waals surface area contributed by atoms with Gasteiger partial charge in [-0.1, -0.05) is 60.7 Å². The number of aromatic nitrogens is 2. The maximum Gasteiger partial charge on any atom is 0.335 e. The molecule has 1 atom stereocenters. The molecule has 0 aliphatic rings. The Hall–Kier alpha value is -3.86. The summed E-state index contributed by atoms with van der Waals surface area (Å²) in [6, 6.07) is 20.6. The predicted octanol–water partition coefficient (Wildman–Crippen LogP) is 4.38. The second-order valence-corrected chi connectivity index (χ2v) is 6.46. The Kier molecular flexibility index (Phi) is 5.38. The predicted molar refractivity (Wildman–Crippen MR) is 113 cm³/mol. The molecule has 0 fully saturated rings. The third-order valence-corrected chi connectivity index (χ3v) is 4.66. The molecule has 0 aliphatic carbocycles. The molecule has 0 N–H and O–H groups in total. The highest BCUT2D eigenvalue weighted by Crippen LogP contribution is 2.28. The molecule has 142 valence electrons. The molecular weight excluding hydrogens is 362 g/mol. The van der Waals surface area contributed by atoms with Crippen LogP contribution in [0.15, 0.2) is 96.5 Å². The highest BCUT2D eigenvalue weighted by atomic mass is 16.5. The van der Waals surface area contributed by atoms with Crippen LogP contribution in [0.3, 0.4) is 0 Å². The molecule has 0 saturated heterocycles. The van der Waals surface area contributed by atoms with E-state index < -0.39 is 12.0 Å². The standard InChI is InChI=1S/C24H19N3O2/c1-29-24(28)23(21-16-26-15-19-14-25-13-12-20(19)21)27-22(17-8-4-2-5-9-17)18-10-6-3-7-11-18/h2-16,23H,1H3. The van der Waals surface area contributed by atoms with Crippen molar-refractivity contribution in [3.05, 3.63) is 108 Å². The van der Waals surface area contributed by atoms with E-state index in [2.05, 4.69) is 9.97 Å². The van der Waals surface area contributed by atoms with E-state index >= 15 is 0 Å². The van der Waals surface area contributed by atoms with Crippen LogP contribution in [0.2, 0.25) is 0 Å². The smallest absolute Gasteiger partial charge is 0.335 e. The summed E-state index contributed by atoms with van der Waals surface area (Å²) in [6.45, 7) is 0. The molecule has 1 unspecified atom stereocenters. The van der Waals surface area contributed by atoms with Gasteiger partial charge < -0.3 is 4.74 Å².